The highest BCUT2D eigenvalue weighted by Crippen LogP contribution is 2.16. The zero-order valence-corrected chi connectivity index (χ0v) is 9.05. The molecule has 3 nitrogen and oxygen atoms in total. The van der Waals surface area contributed by atoms with E-state index >= 15 is 0 Å². The minimum absolute atomic E-state index is 0.0341. The fourth-order valence-corrected chi connectivity index (χ4v) is 1.82. The molecule has 0 aromatic rings. The third kappa shape index (κ3) is 3.53. The van der Waals surface area contributed by atoms with Gasteiger partial charge in [-0.05, 0) is 27.1 Å². The monoisotopic (exact) mass is 204 g/mol. The van der Waals surface area contributed by atoms with Gasteiger partial charge in [0.05, 0.1) is 5.38 Å². The van der Waals surface area contributed by atoms with Gasteiger partial charge in [0.15, 0.2) is 0 Å². The van der Waals surface area contributed by atoms with Gasteiger partial charge in [0, 0.05) is 19.5 Å². The van der Waals surface area contributed by atoms with Crippen molar-refractivity contribution < 1.29 is 4.79 Å². The van der Waals surface area contributed by atoms with Gasteiger partial charge < -0.3 is 9.80 Å². The molecule has 0 aliphatic carbocycles. The Morgan fingerprint density at radius 2 is 2.31 bits per heavy atom. The van der Waals surface area contributed by atoms with Crippen LogP contribution in [0.2, 0.25) is 0 Å². The van der Waals surface area contributed by atoms with E-state index in [0.717, 1.165) is 26.1 Å². The zero-order valence-electron chi connectivity index (χ0n) is 8.29. The largest absolute Gasteiger partial charge is 0.341 e. The van der Waals surface area contributed by atoms with E-state index in [0.29, 0.717) is 6.42 Å². The lowest BCUT2D eigenvalue weighted by Gasteiger charge is -2.17. The first-order valence-electron chi connectivity index (χ1n) is 4.66. The number of rotatable bonds is 4. The number of amides is 1. The van der Waals surface area contributed by atoms with Crippen LogP contribution in [-0.4, -0.2) is 54.8 Å². The third-order valence-corrected chi connectivity index (χ3v) is 2.49. The maximum absolute atomic E-state index is 11.3. The highest BCUT2D eigenvalue weighted by Gasteiger charge is 2.27. The van der Waals surface area contributed by atoms with E-state index in [-0.39, 0.29) is 11.3 Å². The molecule has 4 heteroatoms. The fraction of sp³-hybridized carbons (Fsp3) is 0.889. The maximum Gasteiger partial charge on any atom is 0.224 e. The fourth-order valence-electron chi connectivity index (χ4n) is 1.52. The number of alkyl halides is 1. The second-order valence-corrected chi connectivity index (χ2v) is 4.42. The molecule has 0 radical (unpaired) electrons. The minimum atomic E-state index is 0.0341. The summed E-state index contributed by atoms with van der Waals surface area (Å²) in [6, 6.07) is 0. The lowest BCUT2D eigenvalue weighted by molar-refractivity contribution is -0.127. The van der Waals surface area contributed by atoms with Crippen molar-refractivity contribution in [3.63, 3.8) is 0 Å². The van der Waals surface area contributed by atoms with Crippen molar-refractivity contribution in [3.8, 4) is 0 Å². The van der Waals surface area contributed by atoms with Crippen molar-refractivity contribution in [3.05, 3.63) is 0 Å². The van der Waals surface area contributed by atoms with Gasteiger partial charge in [-0.2, -0.15) is 0 Å². The Kier molecular flexibility index (Phi) is 4.00. The Labute approximate surface area is 84.6 Å². The topological polar surface area (TPSA) is 23.6 Å². The molecule has 0 bridgehead atoms. The van der Waals surface area contributed by atoms with Gasteiger partial charge in [0.25, 0.3) is 0 Å². The summed E-state index contributed by atoms with van der Waals surface area (Å²) in [6.07, 6.45) is 1.55. The first kappa shape index (κ1) is 10.8. The lowest BCUT2D eigenvalue weighted by Crippen LogP contribution is -2.28. The minimum Gasteiger partial charge on any atom is -0.341 e. The number of likely N-dealkylation sites (tertiary alicyclic amines) is 1. The summed E-state index contributed by atoms with van der Waals surface area (Å²) in [5.74, 6) is 0.207. The van der Waals surface area contributed by atoms with Crippen LogP contribution in [-0.2, 0) is 4.79 Å². The molecular formula is C9H17ClN2O. The summed E-state index contributed by atoms with van der Waals surface area (Å²) in [5, 5.41) is 0.0341. The van der Waals surface area contributed by atoms with Crippen LogP contribution >= 0.6 is 11.6 Å². The van der Waals surface area contributed by atoms with E-state index < -0.39 is 0 Å². The molecule has 1 heterocycles. The van der Waals surface area contributed by atoms with Crippen molar-refractivity contribution in [1.29, 1.82) is 0 Å². The van der Waals surface area contributed by atoms with Crippen LogP contribution in [0.15, 0.2) is 0 Å². The molecule has 1 aliphatic rings. The lowest BCUT2D eigenvalue weighted by atomic mass is 10.4. The Balaban J connectivity index is 2.18. The van der Waals surface area contributed by atoms with Crippen molar-refractivity contribution in [2.24, 2.45) is 0 Å². The highest BCUT2D eigenvalue weighted by atomic mass is 35.5. The molecule has 0 spiro atoms. The van der Waals surface area contributed by atoms with Crippen LogP contribution in [0, 0.1) is 0 Å². The van der Waals surface area contributed by atoms with Gasteiger partial charge in [-0.1, -0.05) is 0 Å². The summed E-state index contributed by atoms with van der Waals surface area (Å²) < 4.78 is 0. The molecule has 1 atom stereocenters. The van der Waals surface area contributed by atoms with Gasteiger partial charge >= 0.3 is 0 Å². The quantitative estimate of drug-likeness (QED) is 0.632. The molecule has 1 fully saturated rings. The molecule has 76 valence electrons. The average Bonchev–Trinajstić information content (AvgIpc) is 2.29. The van der Waals surface area contributed by atoms with Crippen LogP contribution in [0.3, 0.4) is 0 Å². The molecule has 13 heavy (non-hydrogen) atoms. The smallest absolute Gasteiger partial charge is 0.224 e. The predicted molar refractivity (Wildman–Crippen MR) is 54.0 cm³/mol. The van der Waals surface area contributed by atoms with Gasteiger partial charge in [-0.15, -0.1) is 11.6 Å². The molecule has 1 aliphatic heterocycles. The van der Waals surface area contributed by atoms with Crippen LogP contribution < -0.4 is 0 Å². The van der Waals surface area contributed by atoms with Crippen LogP contribution in [0.4, 0.5) is 0 Å². The average molecular weight is 205 g/mol. The van der Waals surface area contributed by atoms with Crippen LogP contribution in [0.25, 0.3) is 0 Å². The second-order valence-electron chi connectivity index (χ2n) is 3.80. The first-order chi connectivity index (χ1) is 6.09. The normalized spacial score (nSPS) is 23.2. The van der Waals surface area contributed by atoms with E-state index in [1.165, 1.54) is 0 Å². The summed E-state index contributed by atoms with van der Waals surface area (Å²) in [7, 11) is 4.08. The third-order valence-electron chi connectivity index (χ3n) is 2.20. The van der Waals surface area contributed by atoms with Crippen LogP contribution in [0.1, 0.15) is 12.8 Å². The van der Waals surface area contributed by atoms with Crippen molar-refractivity contribution in [1.82, 2.24) is 9.80 Å². The Morgan fingerprint density at radius 3 is 2.77 bits per heavy atom. The Hall–Kier alpha value is -0.280. The summed E-state index contributed by atoms with van der Waals surface area (Å²) >= 11 is 5.87. The standard InChI is InChI=1S/C9H17ClN2O/c1-11(2)4-3-5-12-7-8(10)6-9(12)13/h8H,3-7H2,1-2H3. The van der Waals surface area contributed by atoms with Crippen molar-refractivity contribution >= 4 is 17.5 Å². The predicted octanol–water partition coefficient (Wildman–Crippen LogP) is 0.778. The summed E-state index contributed by atoms with van der Waals surface area (Å²) in [4.78, 5) is 15.3. The van der Waals surface area contributed by atoms with E-state index in [1.54, 1.807) is 0 Å². The second kappa shape index (κ2) is 4.82. The van der Waals surface area contributed by atoms with E-state index in [9.17, 15) is 4.79 Å². The van der Waals surface area contributed by atoms with Crippen molar-refractivity contribution in [2.45, 2.75) is 18.2 Å². The molecule has 1 saturated heterocycles. The number of hydrogen-bond donors (Lipinski definition) is 0. The molecular weight excluding hydrogens is 188 g/mol. The number of nitrogens with zero attached hydrogens (tertiary/aromatic N) is 2. The molecule has 1 amide bonds. The van der Waals surface area contributed by atoms with Crippen LogP contribution in [0.5, 0.6) is 0 Å². The molecule has 1 unspecified atom stereocenters. The SMILES string of the molecule is CN(C)CCCN1CC(Cl)CC1=O. The molecule has 0 aromatic carbocycles. The molecule has 0 aromatic heterocycles. The Bertz CT molecular complexity index is 184. The van der Waals surface area contributed by atoms with Crippen molar-refractivity contribution in [2.75, 3.05) is 33.7 Å². The first-order valence-corrected chi connectivity index (χ1v) is 5.10. The molecule has 0 N–H and O–H groups in total. The van der Waals surface area contributed by atoms with E-state index in [4.69, 9.17) is 11.6 Å². The summed E-state index contributed by atoms with van der Waals surface area (Å²) in [5.41, 5.74) is 0. The van der Waals surface area contributed by atoms with Gasteiger partial charge in [0.2, 0.25) is 5.91 Å². The number of carbonyl (C=O) groups excluding carboxylic acids is 1. The molecule has 0 saturated carbocycles. The number of hydrogen-bond acceptors (Lipinski definition) is 2. The molecule has 1 rings (SSSR count). The number of carbonyl (C=O) groups is 1. The number of halogens is 1. The van der Waals surface area contributed by atoms with Gasteiger partial charge in [0.1, 0.15) is 0 Å². The highest BCUT2D eigenvalue weighted by molar-refractivity contribution is 6.22. The van der Waals surface area contributed by atoms with E-state index in [2.05, 4.69) is 4.90 Å². The summed E-state index contributed by atoms with van der Waals surface area (Å²) in [6.45, 7) is 2.60. The van der Waals surface area contributed by atoms with Gasteiger partial charge in [-0.25, -0.2) is 0 Å². The van der Waals surface area contributed by atoms with Gasteiger partial charge in [-0.3, -0.25) is 4.79 Å². The Morgan fingerprint density at radius 1 is 1.62 bits per heavy atom. The van der Waals surface area contributed by atoms with E-state index in [1.807, 2.05) is 19.0 Å². The zero-order chi connectivity index (χ0) is 9.84. The maximum atomic E-state index is 11.3.